The first-order valence-corrected chi connectivity index (χ1v) is 7.34. The molecule has 0 spiro atoms. The Labute approximate surface area is 138 Å². The van der Waals surface area contributed by atoms with E-state index in [9.17, 15) is 9.59 Å². The van der Waals surface area contributed by atoms with E-state index in [-0.39, 0.29) is 12.5 Å². The molecule has 1 aromatic heterocycles. The van der Waals surface area contributed by atoms with Gasteiger partial charge in [0.2, 0.25) is 0 Å². The van der Waals surface area contributed by atoms with Gasteiger partial charge >= 0.3 is 6.09 Å². The van der Waals surface area contributed by atoms with Gasteiger partial charge in [-0.15, -0.1) is 0 Å². The predicted octanol–water partition coefficient (Wildman–Crippen LogP) is 3.25. The number of nitrogens with zero attached hydrogens (tertiary/aromatic N) is 1. The zero-order chi connectivity index (χ0) is 16.9. The van der Waals surface area contributed by atoms with Gasteiger partial charge in [-0.25, -0.2) is 4.79 Å². The lowest BCUT2D eigenvalue weighted by atomic mass is 10.1. The van der Waals surface area contributed by atoms with Gasteiger partial charge in [-0.2, -0.15) is 0 Å². The summed E-state index contributed by atoms with van der Waals surface area (Å²) >= 11 is 0. The molecule has 2 amide bonds. The number of benzene rings is 2. The molecule has 0 aliphatic rings. The average molecular weight is 321 g/mol. The summed E-state index contributed by atoms with van der Waals surface area (Å²) in [4.78, 5) is 27.2. The highest BCUT2D eigenvalue weighted by molar-refractivity contribution is 6.08. The van der Waals surface area contributed by atoms with Crippen LogP contribution in [0.2, 0.25) is 0 Å². The number of aromatic nitrogens is 1. The van der Waals surface area contributed by atoms with Gasteiger partial charge in [-0.3, -0.25) is 9.78 Å². The lowest BCUT2D eigenvalue weighted by molar-refractivity contribution is 0.102. The highest BCUT2D eigenvalue weighted by Crippen LogP contribution is 2.21. The van der Waals surface area contributed by atoms with Gasteiger partial charge in [0.1, 0.15) is 0 Å². The molecule has 120 valence electrons. The molecule has 3 aromatic rings. The quantitative estimate of drug-likeness (QED) is 0.688. The number of hydrogen-bond donors (Lipinski definition) is 3. The van der Waals surface area contributed by atoms with E-state index in [1.807, 2.05) is 24.3 Å². The number of amides is 2. The fourth-order valence-corrected chi connectivity index (χ4v) is 2.35. The van der Waals surface area contributed by atoms with E-state index in [2.05, 4.69) is 15.6 Å². The molecule has 0 unspecified atom stereocenters. The number of hydrogen-bond acceptors (Lipinski definition) is 3. The largest absolute Gasteiger partial charge is 0.465 e. The zero-order valence-corrected chi connectivity index (χ0v) is 12.7. The summed E-state index contributed by atoms with van der Waals surface area (Å²) in [5, 5.41) is 14.7. The van der Waals surface area contributed by atoms with Gasteiger partial charge in [-0.05, 0) is 29.8 Å². The minimum Gasteiger partial charge on any atom is -0.465 e. The molecule has 0 aliphatic carbocycles. The van der Waals surface area contributed by atoms with Crippen LogP contribution in [-0.2, 0) is 6.54 Å². The molecule has 6 nitrogen and oxygen atoms in total. The maximum atomic E-state index is 12.4. The van der Waals surface area contributed by atoms with Crippen molar-refractivity contribution >= 4 is 28.6 Å². The average Bonchev–Trinajstić information content (AvgIpc) is 2.60. The van der Waals surface area contributed by atoms with Crippen LogP contribution in [0.4, 0.5) is 10.5 Å². The Kier molecular flexibility index (Phi) is 4.38. The molecule has 0 radical (unpaired) electrons. The van der Waals surface area contributed by atoms with Crippen molar-refractivity contribution in [1.82, 2.24) is 10.3 Å². The molecule has 3 N–H and O–H groups in total. The zero-order valence-electron chi connectivity index (χ0n) is 12.7. The number of carbonyl (C=O) groups is 2. The maximum Gasteiger partial charge on any atom is 0.404 e. The van der Waals surface area contributed by atoms with E-state index in [1.165, 1.54) is 0 Å². The third-order valence-electron chi connectivity index (χ3n) is 3.54. The number of carbonyl (C=O) groups excluding carboxylic acids is 1. The summed E-state index contributed by atoms with van der Waals surface area (Å²) in [7, 11) is 0. The molecule has 0 saturated heterocycles. The number of nitrogens with one attached hydrogen (secondary N) is 2. The van der Waals surface area contributed by atoms with Crippen LogP contribution in [0, 0.1) is 0 Å². The van der Waals surface area contributed by atoms with Crippen molar-refractivity contribution < 1.29 is 14.7 Å². The summed E-state index contributed by atoms with van der Waals surface area (Å²) in [6, 6.07) is 16.1. The summed E-state index contributed by atoms with van der Waals surface area (Å²) in [5.41, 5.74) is 2.65. The van der Waals surface area contributed by atoms with E-state index >= 15 is 0 Å². The Morgan fingerprint density at radius 2 is 1.75 bits per heavy atom. The smallest absolute Gasteiger partial charge is 0.404 e. The SMILES string of the molecule is O=C(O)NCc1ccc(C(=O)Nc2cccc3cccnc23)cc1. The molecule has 2 aromatic carbocycles. The maximum absolute atomic E-state index is 12.4. The van der Waals surface area contributed by atoms with E-state index in [4.69, 9.17) is 5.11 Å². The van der Waals surface area contributed by atoms with E-state index in [1.54, 1.807) is 36.5 Å². The first kappa shape index (κ1) is 15.5. The number of carboxylic acid groups (broad SMARTS) is 1. The molecule has 6 heteroatoms. The molecule has 0 atom stereocenters. The van der Waals surface area contributed by atoms with Crippen LogP contribution in [-0.4, -0.2) is 22.1 Å². The van der Waals surface area contributed by atoms with Gasteiger partial charge in [0, 0.05) is 23.7 Å². The van der Waals surface area contributed by atoms with Crippen LogP contribution in [0.15, 0.2) is 60.8 Å². The van der Waals surface area contributed by atoms with Gasteiger partial charge in [0.25, 0.3) is 5.91 Å². The first-order chi connectivity index (χ1) is 11.6. The van der Waals surface area contributed by atoms with E-state index in [0.29, 0.717) is 11.3 Å². The number of anilines is 1. The molecule has 0 aliphatic heterocycles. The van der Waals surface area contributed by atoms with Crippen molar-refractivity contribution in [1.29, 1.82) is 0 Å². The van der Waals surface area contributed by atoms with Crippen molar-refractivity contribution in [2.75, 3.05) is 5.32 Å². The normalized spacial score (nSPS) is 10.3. The second kappa shape index (κ2) is 6.78. The monoisotopic (exact) mass is 321 g/mol. The molecular weight excluding hydrogens is 306 g/mol. The summed E-state index contributed by atoms with van der Waals surface area (Å²) < 4.78 is 0. The fraction of sp³-hybridized carbons (Fsp3) is 0.0556. The molecular formula is C18H15N3O3. The lowest BCUT2D eigenvalue weighted by Crippen LogP contribution is -2.20. The van der Waals surface area contributed by atoms with Gasteiger partial charge in [-0.1, -0.05) is 30.3 Å². The van der Waals surface area contributed by atoms with Crippen LogP contribution in [0.3, 0.4) is 0 Å². The molecule has 24 heavy (non-hydrogen) atoms. The number of fused-ring (bicyclic) bond motifs is 1. The molecule has 3 rings (SSSR count). The Hall–Kier alpha value is -3.41. The second-order valence-corrected chi connectivity index (χ2v) is 5.19. The topological polar surface area (TPSA) is 91.3 Å². The third kappa shape index (κ3) is 3.49. The predicted molar refractivity (Wildman–Crippen MR) is 91.0 cm³/mol. The summed E-state index contributed by atoms with van der Waals surface area (Å²) in [5.74, 6) is -0.245. The molecule has 0 bridgehead atoms. The van der Waals surface area contributed by atoms with Crippen molar-refractivity contribution in [3.8, 4) is 0 Å². The fourth-order valence-electron chi connectivity index (χ4n) is 2.35. The molecule has 0 fully saturated rings. The minimum atomic E-state index is -1.08. The van der Waals surface area contributed by atoms with E-state index < -0.39 is 6.09 Å². The minimum absolute atomic E-state index is 0.199. The van der Waals surface area contributed by atoms with Crippen molar-refractivity contribution in [2.45, 2.75) is 6.54 Å². The highest BCUT2D eigenvalue weighted by atomic mass is 16.4. The Balaban J connectivity index is 1.75. The van der Waals surface area contributed by atoms with Crippen LogP contribution >= 0.6 is 0 Å². The lowest BCUT2D eigenvalue weighted by Gasteiger charge is -2.08. The summed E-state index contributed by atoms with van der Waals surface area (Å²) in [6.07, 6.45) is 0.600. The van der Waals surface area contributed by atoms with Crippen LogP contribution in [0.25, 0.3) is 10.9 Å². The highest BCUT2D eigenvalue weighted by Gasteiger charge is 2.09. The Bertz CT molecular complexity index is 886. The van der Waals surface area contributed by atoms with Crippen molar-refractivity contribution in [3.05, 3.63) is 71.9 Å². The van der Waals surface area contributed by atoms with Gasteiger partial charge < -0.3 is 15.7 Å². The number of rotatable bonds is 4. The first-order valence-electron chi connectivity index (χ1n) is 7.34. The van der Waals surface area contributed by atoms with Gasteiger partial charge in [0.15, 0.2) is 0 Å². The van der Waals surface area contributed by atoms with Crippen LogP contribution in [0.1, 0.15) is 15.9 Å². The second-order valence-electron chi connectivity index (χ2n) is 5.19. The molecule has 1 heterocycles. The van der Waals surface area contributed by atoms with Crippen molar-refractivity contribution in [2.24, 2.45) is 0 Å². The third-order valence-corrected chi connectivity index (χ3v) is 3.54. The summed E-state index contributed by atoms with van der Waals surface area (Å²) in [6.45, 7) is 0.199. The van der Waals surface area contributed by atoms with Crippen LogP contribution in [0.5, 0.6) is 0 Å². The Morgan fingerprint density at radius 1 is 1.00 bits per heavy atom. The van der Waals surface area contributed by atoms with Crippen molar-refractivity contribution in [3.63, 3.8) is 0 Å². The number of pyridine rings is 1. The number of para-hydroxylation sites is 1. The van der Waals surface area contributed by atoms with Crippen LogP contribution < -0.4 is 10.6 Å². The van der Waals surface area contributed by atoms with Gasteiger partial charge in [0.05, 0.1) is 11.2 Å². The van der Waals surface area contributed by atoms with E-state index in [0.717, 1.165) is 16.5 Å². The standard InChI is InChI=1S/C18H15N3O3/c22-17(14-8-6-12(7-9-14)11-20-18(23)24)21-15-5-1-3-13-4-2-10-19-16(13)15/h1-10,20H,11H2,(H,21,22)(H,23,24). The Morgan fingerprint density at radius 3 is 2.50 bits per heavy atom. The molecule has 0 saturated carbocycles.